The molecule has 84 valence electrons. The van der Waals surface area contributed by atoms with Crippen molar-refractivity contribution in [3.05, 3.63) is 0 Å². The Balaban J connectivity index is 2.05. The van der Waals surface area contributed by atoms with Crippen molar-refractivity contribution in [2.75, 3.05) is 26.2 Å². The Bertz CT molecular complexity index is 145. The molecule has 0 aromatic carbocycles. The van der Waals surface area contributed by atoms with Crippen LogP contribution in [0.25, 0.3) is 0 Å². The lowest BCUT2D eigenvalue weighted by atomic mass is 10.1. The zero-order valence-corrected chi connectivity index (χ0v) is 10.1. The molecule has 1 aliphatic heterocycles. The molecule has 0 radical (unpaired) electrons. The maximum atomic E-state index is 3.58. The van der Waals surface area contributed by atoms with Crippen LogP contribution < -0.4 is 5.32 Å². The number of likely N-dealkylation sites (N-methyl/N-ethyl adjacent to an activating group) is 1. The van der Waals surface area contributed by atoms with Crippen molar-refractivity contribution in [3.8, 4) is 0 Å². The van der Waals surface area contributed by atoms with Gasteiger partial charge in [0.1, 0.15) is 0 Å². The molecule has 2 nitrogen and oxygen atoms in total. The molecule has 1 aliphatic rings. The van der Waals surface area contributed by atoms with Crippen molar-refractivity contribution in [2.45, 2.75) is 46.1 Å². The van der Waals surface area contributed by atoms with E-state index in [4.69, 9.17) is 0 Å². The number of nitrogens with one attached hydrogen (secondary N) is 1. The molecule has 1 heterocycles. The summed E-state index contributed by atoms with van der Waals surface area (Å²) in [7, 11) is 0. The second-order valence-corrected chi connectivity index (χ2v) is 4.81. The monoisotopic (exact) mass is 198 g/mol. The van der Waals surface area contributed by atoms with E-state index in [0.717, 1.165) is 12.0 Å². The molecule has 2 heteroatoms. The van der Waals surface area contributed by atoms with Crippen LogP contribution >= 0.6 is 0 Å². The van der Waals surface area contributed by atoms with Crippen molar-refractivity contribution in [1.82, 2.24) is 10.2 Å². The predicted octanol–water partition coefficient (Wildman–Crippen LogP) is 2.11. The maximum absolute atomic E-state index is 3.58. The van der Waals surface area contributed by atoms with Crippen LogP contribution in [0.15, 0.2) is 0 Å². The predicted molar refractivity (Wildman–Crippen MR) is 62.6 cm³/mol. The Kier molecular flexibility index (Phi) is 5.49. The standard InChI is InChI=1S/C12H26N2/c1-4-14-9-5-6-12(14)10-13-8-7-11(2)3/h11-13H,4-10H2,1-3H3. The van der Waals surface area contributed by atoms with Gasteiger partial charge in [0.25, 0.3) is 0 Å². The van der Waals surface area contributed by atoms with Crippen LogP contribution in [-0.4, -0.2) is 37.1 Å². The van der Waals surface area contributed by atoms with E-state index in [1.807, 2.05) is 0 Å². The summed E-state index contributed by atoms with van der Waals surface area (Å²) in [4.78, 5) is 2.60. The molecule has 0 bridgehead atoms. The summed E-state index contributed by atoms with van der Waals surface area (Å²) in [5.41, 5.74) is 0. The van der Waals surface area contributed by atoms with Crippen molar-refractivity contribution in [1.29, 1.82) is 0 Å². The first-order chi connectivity index (χ1) is 6.74. The third-order valence-electron chi connectivity index (χ3n) is 3.18. The van der Waals surface area contributed by atoms with Crippen molar-refractivity contribution >= 4 is 0 Å². The smallest absolute Gasteiger partial charge is 0.0220 e. The van der Waals surface area contributed by atoms with Crippen LogP contribution in [0.5, 0.6) is 0 Å². The van der Waals surface area contributed by atoms with Crippen LogP contribution in [0, 0.1) is 5.92 Å². The molecule has 1 atom stereocenters. The van der Waals surface area contributed by atoms with Crippen LogP contribution in [0.4, 0.5) is 0 Å². The third-order valence-corrected chi connectivity index (χ3v) is 3.18. The Morgan fingerprint density at radius 3 is 2.86 bits per heavy atom. The average molecular weight is 198 g/mol. The van der Waals surface area contributed by atoms with E-state index in [1.54, 1.807) is 0 Å². The summed E-state index contributed by atoms with van der Waals surface area (Å²) in [6.07, 6.45) is 4.09. The normalized spacial score (nSPS) is 23.6. The van der Waals surface area contributed by atoms with Crippen molar-refractivity contribution < 1.29 is 0 Å². The highest BCUT2D eigenvalue weighted by molar-refractivity contribution is 4.79. The van der Waals surface area contributed by atoms with Gasteiger partial charge >= 0.3 is 0 Å². The van der Waals surface area contributed by atoms with Crippen LogP contribution in [0.2, 0.25) is 0 Å². The summed E-state index contributed by atoms with van der Waals surface area (Å²) in [5.74, 6) is 0.827. The minimum absolute atomic E-state index is 0.812. The molecule has 0 spiro atoms. The molecule has 0 aliphatic carbocycles. The molecule has 0 aromatic rings. The highest BCUT2D eigenvalue weighted by Crippen LogP contribution is 2.15. The summed E-state index contributed by atoms with van der Waals surface area (Å²) >= 11 is 0. The van der Waals surface area contributed by atoms with E-state index in [-0.39, 0.29) is 0 Å². The molecule has 0 amide bonds. The van der Waals surface area contributed by atoms with Crippen molar-refractivity contribution in [3.63, 3.8) is 0 Å². The van der Waals surface area contributed by atoms with Gasteiger partial charge in [-0.2, -0.15) is 0 Å². The zero-order chi connectivity index (χ0) is 10.4. The quantitative estimate of drug-likeness (QED) is 0.658. The number of hydrogen-bond acceptors (Lipinski definition) is 2. The van der Waals surface area contributed by atoms with E-state index in [0.29, 0.717) is 0 Å². The molecular formula is C12H26N2. The molecular weight excluding hydrogens is 172 g/mol. The highest BCUT2D eigenvalue weighted by atomic mass is 15.2. The average Bonchev–Trinajstić information content (AvgIpc) is 2.59. The van der Waals surface area contributed by atoms with Gasteiger partial charge in [0, 0.05) is 12.6 Å². The molecule has 1 N–H and O–H groups in total. The minimum atomic E-state index is 0.812. The Labute approximate surface area is 89.1 Å². The minimum Gasteiger partial charge on any atom is -0.315 e. The lowest BCUT2D eigenvalue weighted by Gasteiger charge is -2.23. The molecule has 1 rings (SSSR count). The molecule has 0 saturated carbocycles. The Morgan fingerprint density at radius 2 is 2.21 bits per heavy atom. The van der Waals surface area contributed by atoms with Gasteiger partial charge in [-0.25, -0.2) is 0 Å². The lowest BCUT2D eigenvalue weighted by Crippen LogP contribution is -2.38. The van der Waals surface area contributed by atoms with Gasteiger partial charge in [0.15, 0.2) is 0 Å². The van der Waals surface area contributed by atoms with Gasteiger partial charge < -0.3 is 5.32 Å². The maximum Gasteiger partial charge on any atom is 0.0220 e. The summed E-state index contributed by atoms with van der Waals surface area (Å²) in [6.45, 7) is 11.8. The van der Waals surface area contributed by atoms with Gasteiger partial charge in [-0.05, 0) is 44.8 Å². The Morgan fingerprint density at radius 1 is 1.43 bits per heavy atom. The van der Waals surface area contributed by atoms with Crippen LogP contribution in [0.1, 0.15) is 40.0 Å². The number of nitrogens with zero attached hydrogens (tertiary/aromatic N) is 1. The first kappa shape index (κ1) is 12.0. The lowest BCUT2D eigenvalue weighted by molar-refractivity contribution is 0.259. The molecule has 1 unspecified atom stereocenters. The second-order valence-electron chi connectivity index (χ2n) is 4.81. The fourth-order valence-electron chi connectivity index (χ4n) is 2.20. The van der Waals surface area contributed by atoms with Gasteiger partial charge in [-0.3, -0.25) is 4.90 Å². The van der Waals surface area contributed by atoms with E-state index in [1.165, 1.54) is 45.4 Å². The van der Waals surface area contributed by atoms with Crippen LogP contribution in [-0.2, 0) is 0 Å². The SMILES string of the molecule is CCN1CCCC1CNCCC(C)C. The summed E-state index contributed by atoms with van der Waals surface area (Å²) in [5, 5.41) is 3.58. The largest absolute Gasteiger partial charge is 0.315 e. The number of likely N-dealkylation sites (tertiary alicyclic amines) is 1. The first-order valence-electron chi connectivity index (χ1n) is 6.18. The number of rotatable bonds is 6. The molecule has 14 heavy (non-hydrogen) atoms. The molecule has 0 aromatic heterocycles. The fourth-order valence-corrected chi connectivity index (χ4v) is 2.20. The zero-order valence-electron chi connectivity index (χ0n) is 10.1. The highest BCUT2D eigenvalue weighted by Gasteiger charge is 2.21. The van der Waals surface area contributed by atoms with Gasteiger partial charge in [-0.1, -0.05) is 20.8 Å². The summed E-state index contributed by atoms with van der Waals surface area (Å²) < 4.78 is 0. The first-order valence-corrected chi connectivity index (χ1v) is 6.18. The third kappa shape index (κ3) is 3.97. The summed E-state index contributed by atoms with van der Waals surface area (Å²) in [6, 6.07) is 0.812. The van der Waals surface area contributed by atoms with Gasteiger partial charge in [0.2, 0.25) is 0 Å². The van der Waals surface area contributed by atoms with Gasteiger partial charge in [-0.15, -0.1) is 0 Å². The molecule has 1 saturated heterocycles. The van der Waals surface area contributed by atoms with E-state index >= 15 is 0 Å². The topological polar surface area (TPSA) is 15.3 Å². The number of hydrogen-bond donors (Lipinski definition) is 1. The van der Waals surface area contributed by atoms with Crippen LogP contribution in [0.3, 0.4) is 0 Å². The fraction of sp³-hybridized carbons (Fsp3) is 1.00. The van der Waals surface area contributed by atoms with E-state index < -0.39 is 0 Å². The van der Waals surface area contributed by atoms with Crippen molar-refractivity contribution in [2.24, 2.45) is 5.92 Å². The van der Waals surface area contributed by atoms with Gasteiger partial charge in [0.05, 0.1) is 0 Å². The molecule has 1 fully saturated rings. The second kappa shape index (κ2) is 6.41. The Hall–Kier alpha value is -0.0800. The van der Waals surface area contributed by atoms with E-state index in [9.17, 15) is 0 Å². The van der Waals surface area contributed by atoms with E-state index in [2.05, 4.69) is 31.0 Å².